The Balaban J connectivity index is 2.48. The lowest BCUT2D eigenvalue weighted by atomic mass is 10.2. The maximum absolute atomic E-state index is 13.6. The standard InChI is InChI=1S/C24H29F3N4O3/c1-15(2)30(5)24(33)29-23(31(14-32)13-17-6-8-18(25)9-7-17)28-19-10-11-21(34-16(3)4)20(12-19)22(26)27/h6-12,14-16,22H,13H2,1-5H3,(H,28,29,33). The number of guanidine groups is 1. The molecule has 0 bridgehead atoms. The Kier molecular flexibility index (Phi) is 9.47. The van der Waals surface area contributed by atoms with Crippen LogP contribution in [0, 0.1) is 5.82 Å². The number of nitrogens with zero attached hydrogens (tertiary/aromatic N) is 3. The van der Waals surface area contributed by atoms with Gasteiger partial charge in [0.25, 0.3) is 6.43 Å². The molecule has 0 saturated carbocycles. The highest BCUT2D eigenvalue weighted by molar-refractivity contribution is 6.01. The van der Waals surface area contributed by atoms with Crippen molar-refractivity contribution in [1.29, 1.82) is 0 Å². The van der Waals surface area contributed by atoms with Gasteiger partial charge in [-0.15, -0.1) is 0 Å². The van der Waals surface area contributed by atoms with Gasteiger partial charge in [0, 0.05) is 13.1 Å². The molecule has 2 aromatic carbocycles. The Morgan fingerprint density at radius 1 is 1.12 bits per heavy atom. The summed E-state index contributed by atoms with van der Waals surface area (Å²) in [6.45, 7) is 7.00. The van der Waals surface area contributed by atoms with Gasteiger partial charge in [-0.1, -0.05) is 12.1 Å². The van der Waals surface area contributed by atoms with E-state index >= 15 is 0 Å². The van der Waals surface area contributed by atoms with Crippen molar-refractivity contribution in [2.24, 2.45) is 4.99 Å². The number of carbonyl (C=O) groups is 2. The first-order valence-corrected chi connectivity index (χ1v) is 10.7. The Morgan fingerprint density at radius 2 is 1.76 bits per heavy atom. The van der Waals surface area contributed by atoms with Gasteiger partial charge in [0.15, 0.2) is 0 Å². The summed E-state index contributed by atoms with van der Waals surface area (Å²) in [4.78, 5) is 31.3. The van der Waals surface area contributed by atoms with E-state index in [-0.39, 0.29) is 41.7 Å². The van der Waals surface area contributed by atoms with Gasteiger partial charge >= 0.3 is 6.03 Å². The number of halogens is 3. The molecule has 1 N–H and O–H groups in total. The molecule has 0 atom stereocenters. The van der Waals surface area contributed by atoms with Crippen LogP contribution in [-0.4, -0.2) is 47.4 Å². The summed E-state index contributed by atoms with van der Waals surface area (Å²) in [6, 6.07) is 8.70. The molecule has 0 fully saturated rings. The van der Waals surface area contributed by atoms with E-state index in [1.54, 1.807) is 34.7 Å². The molecule has 10 heteroatoms. The smallest absolute Gasteiger partial charge is 0.324 e. The maximum atomic E-state index is 13.6. The minimum Gasteiger partial charge on any atom is -0.491 e. The summed E-state index contributed by atoms with van der Waals surface area (Å²) >= 11 is 0. The van der Waals surface area contributed by atoms with Gasteiger partial charge < -0.3 is 9.64 Å². The Labute approximate surface area is 197 Å². The molecule has 0 aliphatic heterocycles. The number of aliphatic imine (C=N–C) groups is 1. The number of alkyl halides is 2. The predicted molar refractivity (Wildman–Crippen MR) is 124 cm³/mol. The van der Waals surface area contributed by atoms with Crippen molar-refractivity contribution in [2.45, 2.75) is 52.8 Å². The quantitative estimate of drug-likeness (QED) is 0.320. The van der Waals surface area contributed by atoms with Crippen LogP contribution in [0.1, 0.15) is 45.2 Å². The molecule has 2 aromatic rings. The number of hydrogen-bond acceptors (Lipinski definition) is 4. The van der Waals surface area contributed by atoms with E-state index in [0.29, 0.717) is 12.0 Å². The second-order valence-corrected chi connectivity index (χ2v) is 8.12. The van der Waals surface area contributed by atoms with Crippen molar-refractivity contribution < 1.29 is 27.5 Å². The molecule has 2 rings (SSSR count). The third kappa shape index (κ3) is 7.50. The lowest BCUT2D eigenvalue weighted by molar-refractivity contribution is -0.115. The van der Waals surface area contributed by atoms with Gasteiger partial charge in [-0.05, 0) is 63.6 Å². The van der Waals surface area contributed by atoms with Gasteiger partial charge in [0.05, 0.1) is 23.9 Å². The van der Waals surface area contributed by atoms with Crippen LogP contribution < -0.4 is 10.1 Å². The highest BCUT2D eigenvalue weighted by Gasteiger charge is 2.21. The molecule has 3 amide bonds. The minimum atomic E-state index is -2.82. The minimum absolute atomic E-state index is 0.0210. The van der Waals surface area contributed by atoms with Crippen LogP contribution in [0.4, 0.5) is 23.7 Å². The van der Waals surface area contributed by atoms with Crippen molar-refractivity contribution >= 4 is 24.1 Å². The van der Waals surface area contributed by atoms with Crippen molar-refractivity contribution in [1.82, 2.24) is 15.1 Å². The normalized spacial score (nSPS) is 11.7. The van der Waals surface area contributed by atoms with Crippen LogP contribution in [0.5, 0.6) is 5.75 Å². The first-order valence-electron chi connectivity index (χ1n) is 10.7. The highest BCUT2D eigenvalue weighted by atomic mass is 19.3. The third-order valence-corrected chi connectivity index (χ3v) is 4.81. The molecule has 0 aliphatic carbocycles. The van der Waals surface area contributed by atoms with Crippen LogP contribution in [0.15, 0.2) is 47.5 Å². The lowest BCUT2D eigenvalue weighted by Gasteiger charge is -2.25. The molecule has 184 valence electrons. The van der Waals surface area contributed by atoms with Crippen LogP contribution in [0.3, 0.4) is 0 Å². The van der Waals surface area contributed by atoms with Crippen molar-refractivity contribution in [3.05, 3.63) is 59.4 Å². The number of amides is 3. The fourth-order valence-electron chi connectivity index (χ4n) is 2.79. The summed E-state index contributed by atoms with van der Waals surface area (Å²) in [5.41, 5.74) is 0.289. The van der Waals surface area contributed by atoms with E-state index in [9.17, 15) is 22.8 Å². The molecule has 0 aliphatic rings. The first-order chi connectivity index (χ1) is 16.0. The van der Waals surface area contributed by atoms with E-state index in [0.717, 1.165) is 11.0 Å². The number of benzene rings is 2. The highest BCUT2D eigenvalue weighted by Crippen LogP contribution is 2.33. The Bertz CT molecular complexity index is 1010. The molecule has 34 heavy (non-hydrogen) atoms. The second-order valence-electron chi connectivity index (χ2n) is 8.12. The van der Waals surface area contributed by atoms with E-state index in [2.05, 4.69) is 10.3 Å². The zero-order valence-electron chi connectivity index (χ0n) is 19.8. The number of nitrogens with one attached hydrogen (secondary N) is 1. The summed E-state index contributed by atoms with van der Waals surface area (Å²) in [6.07, 6.45) is -2.69. The Morgan fingerprint density at radius 3 is 2.29 bits per heavy atom. The fraction of sp³-hybridized carbons (Fsp3) is 0.375. The Hall–Kier alpha value is -3.56. The largest absolute Gasteiger partial charge is 0.491 e. The number of hydrogen-bond donors (Lipinski definition) is 1. The zero-order chi connectivity index (χ0) is 25.4. The molecular weight excluding hydrogens is 449 g/mol. The van der Waals surface area contributed by atoms with Crippen molar-refractivity contribution in [2.75, 3.05) is 7.05 Å². The topological polar surface area (TPSA) is 74.2 Å². The second kappa shape index (κ2) is 12.1. The number of ether oxygens (including phenoxy) is 1. The maximum Gasteiger partial charge on any atom is 0.324 e. The first kappa shape index (κ1) is 26.7. The number of carbonyl (C=O) groups excluding carboxylic acids is 2. The van der Waals surface area contributed by atoms with Crippen LogP contribution in [0.2, 0.25) is 0 Å². The van der Waals surface area contributed by atoms with E-state index in [4.69, 9.17) is 4.74 Å². The van der Waals surface area contributed by atoms with Crippen LogP contribution in [0.25, 0.3) is 0 Å². The van der Waals surface area contributed by atoms with Gasteiger partial charge in [0.2, 0.25) is 12.4 Å². The molecule has 0 unspecified atom stereocenters. The average Bonchev–Trinajstić information content (AvgIpc) is 2.78. The van der Waals surface area contributed by atoms with Crippen molar-refractivity contribution in [3.63, 3.8) is 0 Å². The summed E-state index contributed by atoms with van der Waals surface area (Å²) in [7, 11) is 1.57. The number of rotatable bonds is 8. The monoisotopic (exact) mass is 478 g/mol. The summed E-state index contributed by atoms with van der Waals surface area (Å²) < 4.78 is 46.0. The van der Waals surface area contributed by atoms with E-state index in [1.807, 2.05) is 0 Å². The van der Waals surface area contributed by atoms with E-state index < -0.39 is 18.3 Å². The van der Waals surface area contributed by atoms with Gasteiger partial charge in [-0.25, -0.2) is 23.0 Å². The summed E-state index contributed by atoms with van der Waals surface area (Å²) in [5, 5.41) is 2.56. The zero-order valence-corrected chi connectivity index (χ0v) is 19.8. The molecule has 0 aromatic heterocycles. The SMILES string of the molecule is CC(C)Oc1ccc(N=C(NC(=O)N(C)C(C)C)N(C=O)Cc2ccc(F)cc2)cc1C(F)F. The molecule has 0 radical (unpaired) electrons. The predicted octanol–water partition coefficient (Wildman–Crippen LogP) is 5.25. The molecular formula is C24H29F3N4O3. The van der Waals surface area contributed by atoms with Gasteiger partial charge in [-0.2, -0.15) is 0 Å². The van der Waals surface area contributed by atoms with Gasteiger partial charge in [0.1, 0.15) is 11.6 Å². The van der Waals surface area contributed by atoms with Crippen LogP contribution >= 0.6 is 0 Å². The molecule has 7 nitrogen and oxygen atoms in total. The fourth-order valence-corrected chi connectivity index (χ4v) is 2.79. The summed E-state index contributed by atoms with van der Waals surface area (Å²) in [5.74, 6) is -0.590. The molecule has 0 heterocycles. The third-order valence-electron chi connectivity index (χ3n) is 4.81. The molecule has 0 saturated heterocycles. The lowest BCUT2D eigenvalue weighted by Crippen LogP contribution is -2.49. The average molecular weight is 479 g/mol. The van der Waals surface area contributed by atoms with Crippen molar-refractivity contribution in [3.8, 4) is 5.75 Å². The van der Waals surface area contributed by atoms with Crippen LogP contribution in [-0.2, 0) is 11.3 Å². The molecule has 0 spiro atoms. The van der Waals surface area contributed by atoms with E-state index in [1.165, 1.54) is 41.3 Å². The number of urea groups is 1. The van der Waals surface area contributed by atoms with Gasteiger partial charge in [-0.3, -0.25) is 15.0 Å².